The summed E-state index contributed by atoms with van der Waals surface area (Å²) in [7, 11) is 1.43. The molecule has 2 amide bonds. The lowest BCUT2D eigenvalue weighted by Gasteiger charge is -2.40. The van der Waals surface area contributed by atoms with Crippen LogP contribution in [0.25, 0.3) is 6.08 Å². The molecule has 4 unspecified atom stereocenters. The van der Waals surface area contributed by atoms with Gasteiger partial charge in [-0.2, -0.15) is 9.84 Å². The van der Waals surface area contributed by atoms with E-state index >= 15 is 0 Å². The second-order valence-corrected chi connectivity index (χ2v) is 28.9. The van der Waals surface area contributed by atoms with Crippen molar-refractivity contribution in [2.45, 2.75) is 185 Å². The van der Waals surface area contributed by atoms with Crippen LogP contribution in [0.4, 0.5) is 11.4 Å². The number of methoxy groups -OCH3 is 2. The van der Waals surface area contributed by atoms with Gasteiger partial charge >= 0.3 is 5.69 Å². The number of hydrogen-bond donors (Lipinski definition) is 3. The minimum Gasteiger partial charge on any atom is -0.497 e. The van der Waals surface area contributed by atoms with Gasteiger partial charge in [-0.1, -0.05) is 98.5 Å². The van der Waals surface area contributed by atoms with Gasteiger partial charge in [-0.3, -0.25) is 23.9 Å². The van der Waals surface area contributed by atoms with E-state index < -0.39 is 49.7 Å². The summed E-state index contributed by atoms with van der Waals surface area (Å²) in [6, 6.07) is 38.8. The predicted octanol–water partition coefficient (Wildman–Crippen LogP) is 12.9. The van der Waals surface area contributed by atoms with Crippen molar-refractivity contribution < 1.29 is 46.9 Å². The maximum Gasteiger partial charge on any atom is 0.330 e. The molecule has 1 fully saturated rings. The fourth-order valence-electron chi connectivity index (χ4n) is 15.8. The van der Waals surface area contributed by atoms with Crippen LogP contribution in [0.5, 0.6) is 17.2 Å². The monoisotopic (exact) mass is 1350 g/mol. The van der Waals surface area contributed by atoms with Crippen molar-refractivity contribution in [1.29, 1.82) is 5.26 Å². The Morgan fingerprint density at radius 1 is 0.837 bits per heavy atom. The number of nitrogens with one attached hydrogen (secondary N) is 3. The number of ether oxygens (including phenoxy) is 5. The summed E-state index contributed by atoms with van der Waals surface area (Å²) in [4.78, 5) is 59.4. The van der Waals surface area contributed by atoms with Crippen LogP contribution in [0.15, 0.2) is 131 Å². The molecule has 5 aromatic carbocycles. The molecule has 6 aromatic rings. The summed E-state index contributed by atoms with van der Waals surface area (Å²) in [5.41, 5.74) is 10.2. The molecular weight excluding hydrogens is 1260 g/mol. The number of unbranched alkanes of at least 4 members (excludes halogenated alkanes) is 5. The number of carbonyl (C=O) groups excluding carboxylic acids is 2. The van der Waals surface area contributed by atoms with Crippen LogP contribution in [0.2, 0.25) is 0 Å². The van der Waals surface area contributed by atoms with Crippen molar-refractivity contribution in [3.63, 3.8) is 0 Å². The van der Waals surface area contributed by atoms with Gasteiger partial charge in [0.05, 0.1) is 57.0 Å². The molecule has 0 bridgehead atoms. The number of rotatable bonds is 31. The first kappa shape index (κ1) is 69.9. The Morgan fingerprint density at radius 3 is 2.19 bits per heavy atom. The maximum absolute atomic E-state index is 13.9. The predicted molar refractivity (Wildman–Crippen MR) is 381 cm³/mol. The van der Waals surface area contributed by atoms with Gasteiger partial charge in [0.25, 0.3) is 20.0 Å². The summed E-state index contributed by atoms with van der Waals surface area (Å²) in [5.74, 6) is 1.89. The SMILES string of the molecule is COc1ccc(C(OCC2O[C@@H](n3cc(C(=O)NCCCCCCNC(=O)CCCCCC4(C)C5=[N+](CCC6Oc7c(cc8c9c7CCCN9CCC8)C=C56)c5ccccc54)c(=O)[nH]c3=O)C[C@H]2OP(OCCC#N)N(C(C)C)C(C)C)(c2ccccc2)c2ccc(OC)cc2)cc1. The van der Waals surface area contributed by atoms with Crippen molar-refractivity contribution in [2.75, 3.05) is 65.1 Å². The van der Waals surface area contributed by atoms with Gasteiger partial charge in [0.1, 0.15) is 46.8 Å². The quantitative estimate of drug-likeness (QED) is 0.0160. The highest BCUT2D eigenvalue weighted by Crippen LogP contribution is 2.54. The average Bonchev–Trinajstić information content (AvgIpc) is 1.52. The third-order valence-corrected chi connectivity index (χ3v) is 22.6. The smallest absolute Gasteiger partial charge is 0.330 e. The first-order valence-corrected chi connectivity index (χ1v) is 36.6. The summed E-state index contributed by atoms with van der Waals surface area (Å²) < 4.78 is 51.9. The van der Waals surface area contributed by atoms with Gasteiger partial charge in [0, 0.05) is 92.2 Å². The number of aromatic nitrogens is 2. The standard InChI is InChI=1S/C78H95N8O11P/c1-52(2)86(53(3)4)98(94-46-22-40-79)97-67-49-70(95-68(67)51-93-78(56-24-12-10-13-25-56,57-30-34-59(91-6)35-31-57)58-32-36-60(92-7)37-33-58)85-50-63(75(89)82-76(85)90)74(88)81-42-19-9-8-18-41-80-69(87)29-14-11-17-39-77(5)64-27-15-16-28-65(64)84-45-38-66-62(73(77)84)48-55-47-54-23-20-43-83-44-21-26-61(71(54)83)72(55)96-66/h10,12-13,15-16,24-25,27-28,30-37,47-48,50,52-53,66-68,70H,8-9,11,14,17-23,26,29,38-39,41-46,49,51H2,1-7H3,(H2-,80,81,82,87,88,89,90)/p+1/t66?,67-,68?,70-,77?,98?/m1/s1. The van der Waals surface area contributed by atoms with Crippen LogP contribution >= 0.6 is 8.53 Å². The van der Waals surface area contributed by atoms with E-state index in [4.69, 9.17) is 32.7 Å². The number of aromatic amines is 1. The molecule has 0 aliphatic carbocycles. The lowest BCUT2D eigenvalue weighted by molar-refractivity contribution is -0.444. The first-order chi connectivity index (χ1) is 47.6. The number of H-pyrrole nitrogens is 1. The zero-order valence-electron chi connectivity index (χ0n) is 57.9. The zero-order valence-corrected chi connectivity index (χ0v) is 58.8. The molecule has 6 aliphatic rings. The number of hydrogen-bond acceptors (Lipinski definition) is 14. The number of carbonyl (C=O) groups is 2. The van der Waals surface area contributed by atoms with Crippen molar-refractivity contribution >= 4 is 43.5 Å². The largest absolute Gasteiger partial charge is 0.497 e. The molecule has 6 aliphatic heterocycles. The van der Waals surface area contributed by atoms with E-state index in [-0.39, 0.29) is 61.1 Å². The first-order valence-electron chi connectivity index (χ1n) is 35.5. The van der Waals surface area contributed by atoms with Crippen LogP contribution in [-0.2, 0) is 47.2 Å². The number of para-hydroxylation sites is 1. The van der Waals surface area contributed by atoms with E-state index in [1.54, 1.807) is 14.2 Å². The normalized spacial score (nSPS) is 20.2. The molecule has 7 heterocycles. The average molecular weight is 1350 g/mol. The second-order valence-electron chi connectivity index (χ2n) is 27.5. The number of benzene rings is 5. The molecule has 12 rings (SSSR count). The number of fused-ring (bicyclic) bond motifs is 6. The van der Waals surface area contributed by atoms with Gasteiger partial charge in [-0.15, -0.1) is 0 Å². The van der Waals surface area contributed by atoms with Gasteiger partial charge in [0.2, 0.25) is 11.6 Å². The van der Waals surface area contributed by atoms with E-state index in [9.17, 15) is 24.4 Å². The second kappa shape index (κ2) is 31.5. The summed E-state index contributed by atoms with van der Waals surface area (Å²) in [5, 5.41) is 15.6. The fraction of sp³-hybridized carbons (Fsp3) is 0.487. The number of nitriles is 1. The molecule has 20 heteroatoms. The van der Waals surface area contributed by atoms with Crippen LogP contribution in [0.1, 0.15) is 180 Å². The Kier molecular flexibility index (Phi) is 22.5. The number of nitrogens with zero attached hydrogens (tertiary/aromatic N) is 5. The van der Waals surface area contributed by atoms with Gasteiger partial charge in [0.15, 0.2) is 12.3 Å². The fourth-order valence-corrected chi connectivity index (χ4v) is 17.5. The van der Waals surface area contributed by atoms with E-state index in [0.717, 1.165) is 106 Å². The van der Waals surface area contributed by atoms with Gasteiger partial charge in [-0.25, -0.2) is 9.46 Å². The third kappa shape index (κ3) is 14.7. The van der Waals surface area contributed by atoms with Crippen LogP contribution in [0, 0.1) is 11.3 Å². The summed E-state index contributed by atoms with van der Waals surface area (Å²) >= 11 is 0. The highest BCUT2D eigenvalue weighted by Gasteiger charge is 2.55. The molecular formula is C78H96N8O11P+. The van der Waals surface area contributed by atoms with E-state index in [2.05, 4.69) is 107 Å². The Bertz CT molecular complexity index is 3980. The molecule has 0 spiro atoms. The summed E-state index contributed by atoms with van der Waals surface area (Å²) in [6.45, 7) is 14.8. The summed E-state index contributed by atoms with van der Waals surface area (Å²) in [6.07, 6.45) is 14.3. The molecule has 0 saturated carbocycles. The Balaban J connectivity index is 0.646. The van der Waals surface area contributed by atoms with E-state index in [1.165, 1.54) is 68.5 Å². The molecule has 19 nitrogen and oxygen atoms in total. The minimum atomic E-state index is -1.81. The van der Waals surface area contributed by atoms with Crippen molar-refractivity contribution in [3.05, 3.63) is 186 Å². The lowest BCUT2D eigenvalue weighted by atomic mass is 9.71. The molecule has 1 aromatic heterocycles. The number of amides is 2. The van der Waals surface area contributed by atoms with Crippen molar-refractivity contribution in [2.24, 2.45) is 0 Å². The number of aryl methyl sites for hydroxylation is 1. The van der Waals surface area contributed by atoms with Crippen LogP contribution < -0.4 is 41.0 Å². The third-order valence-electron chi connectivity index (χ3n) is 20.4. The number of anilines is 1. The Labute approximate surface area is 577 Å². The van der Waals surface area contributed by atoms with Crippen molar-refractivity contribution in [1.82, 2.24) is 24.9 Å². The van der Waals surface area contributed by atoms with E-state index in [0.29, 0.717) is 37.4 Å². The molecule has 0 radical (unpaired) electrons. The molecule has 6 atom stereocenters. The van der Waals surface area contributed by atoms with Crippen LogP contribution in [-0.4, -0.2) is 127 Å². The molecule has 1 saturated heterocycles. The molecule has 98 heavy (non-hydrogen) atoms. The Hall–Kier alpha value is -7.95. The van der Waals surface area contributed by atoms with Crippen LogP contribution in [0.3, 0.4) is 0 Å². The van der Waals surface area contributed by atoms with E-state index in [1.807, 2.05) is 78.9 Å². The zero-order chi connectivity index (χ0) is 68.5. The highest BCUT2D eigenvalue weighted by atomic mass is 31.2. The minimum absolute atomic E-state index is 0.0154. The Morgan fingerprint density at radius 2 is 1.50 bits per heavy atom. The maximum atomic E-state index is 13.9. The molecule has 518 valence electrons. The van der Waals surface area contributed by atoms with Crippen molar-refractivity contribution in [3.8, 4) is 23.3 Å². The lowest BCUT2D eigenvalue weighted by Crippen LogP contribution is -2.44. The molecule has 3 N–H and O–H groups in total. The van der Waals surface area contributed by atoms with Gasteiger partial charge in [-0.05, 0) is 145 Å². The topological polar surface area (TPSA) is 211 Å². The van der Waals surface area contributed by atoms with Gasteiger partial charge < -0.3 is 48.3 Å². The highest BCUT2D eigenvalue weighted by molar-refractivity contribution is 7.44.